The number of amides is 1. The molecule has 3 N–H and O–H groups in total. The highest BCUT2D eigenvalue weighted by atomic mass is 35.5. The fraction of sp³-hybridized carbons (Fsp3) is 0.316. The van der Waals surface area contributed by atoms with Crippen LogP contribution in [-0.2, 0) is 11.3 Å². The van der Waals surface area contributed by atoms with Crippen LogP contribution in [0.2, 0.25) is 0 Å². The van der Waals surface area contributed by atoms with E-state index < -0.39 is 0 Å². The predicted octanol–water partition coefficient (Wildman–Crippen LogP) is 3.34. The smallest absolute Gasteiger partial charge is 0.253 e. The number of hydrogen-bond acceptors (Lipinski definition) is 4. The number of nitrogens with two attached hydrogens (primary N) is 1. The number of benzene rings is 2. The highest BCUT2D eigenvalue weighted by Crippen LogP contribution is 2.20. The molecule has 0 heterocycles. The van der Waals surface area contributed by atoms with Crippen molar-refractivity contribution in [2.75, 3.05) is 25.6 Å². The first-order chi connectivity index (χ1) is 11.6. The maximum absolute atomic E-state index is 12.3. The van der Waals surface area contributed by atoms with Crippen LogP contribution in [0, 0.1) is 6.92 Å². The maximum Gasteiger partial charge on any atom is 0.253 e. The number of carbonyl (C=O) groups excluding carboxylic acids is 1. The van der Waals surface area contributed by atoms with Crippen molar-refractivity contribution in [1.82, 2.24) is 5.32 Å². The number of nitrogens with one attached hydrogen (secondary N) is 1. The lowest BCUT2D eigenvalue weighted by Gasteiger charge is -2.14. The van der Waals surface area contributed by atoms with Crippen LogP contribution in [0.5, 0.6) is 5.75 Å². The molecule has 0 aliphatic heterocycles. The number of ether oxygens (including phenoxy) is 2. The summed E-state index contributed by atoms with van der Waals surface area (Å²) >= 11 is 0. The van der Waals surface area contributed by atoms with Gasteiger partial charge in [0.1, 0.15) is 12.4 Å². The Morgan fingerprint density at radius 1 is 1.16 bits per heavy atom. The van der Waals surface area contributed by atoms with Crippen LogP contribution in [0.1, 0.15) is 28.4 Å². The molecular weight excluding hydrogens is 340 g/mol. The van der Waals surface area contributed by atoms with Crippen LogP contribution < -0.4 is 15.8 Å². The van der Waals surface area contributed by atoms with Gasteiger partial charge in [-0.3, -0.25) is 4.79 Å². The summed E-state index contributed by atoms with van der Waals surface area (Å²) in [4.78, 5) is 12.3. The van der Waals surface area contributed by atoms with Crippen LogP contribution in [0.3, 0.4) is 0 Å². The first-order valence-corrected chi connectivity index (χ1v) is 8.04. The molecule has 5 nitrogen and oxygen atoms in total. The Kier molecular flexibility index (Phi) is 8.81. The molecule has 6 heteroatoms. The molecule has 0 unspecified atom stereocenters. The summed E-state index contributed by atoms with van der Waals surface area (Å²) in [7, 11) is 0. The van der Waals surface area contributed by atoms with E-state index in [1.54, 1.807) is 24.3 Å². The number of nitrogen functional groups attached to an aromatic ring is 1. The van der Waals surface area contributed by atoms with Gasteiger partial charge in [0, 0.05) is 24.4 Å². The normalized spacial score (nSPS) is 10.0. The lowest BCUT2D eigenvalue weighted by Crippen LogP contribution is -2.24. The second kappa shape index (κ2) is 10.6. The fourth-order valence-electron chi connectivity index (χ4n) is 2.27. The molecule has 0 spiro atoms. The molecule has 0 radical (unpaired) electrons. The molecule has 0 bridgehead atoms. The Hall–Kier alpha value is -2.24. The van der Waals surface area contributed by atoms with E-state index in [9.17, 15) is 4.79 Å². The van der Waals surface area contributed by atoms with Gasteiger partial charge in [-0.05, 0) is 37.6 Å². The SMILES string of the molecule is CCOCCOc1cc(C)ccc1CNC(=O)c1ccccc1N.Cl. The van der Waals surface area contributed by atoms with Crippen LogP contribution in [0.15, 0.2) is 42.5 Å². The number of halogens is 1. The van der Waals surface area contributed by atoms with E-state index in [4.69, 9.17) is 15.2 Å². The third-order valence-electron chi connectivity index (χ3n) is 3.56. The quantitative estimate of drug-likeness (QED) is 0.556. The van der Waals surface area contributed by atoms with Crippen molar-refractivity contribution in [3.8, 4) is 5.75 Å². The molecule has 2 aromatic rings. The topological polar surface area (TPSA) is 73.6 Å². The van der Waals surface area contributed by atoms with Crippen molar-refractivity contribution in [2.45, 2.75) is 20.4 Å². The fourth-order valence-corrected chi connectivity index (χ4v) is 2.27. The van der Waals surface area contributed by atoms with Gasteiger partial charge < -0.3 is 20.5 Å². The zero-order valence-corrected chi connectivity index (χ0v) is 15.4. The Balaban J connectivity index is 0.00000312. The van der Waals surface area contributed by atoms with E-state index in [1.165, 1.54) is 0 Å². The van der Waals surface area contributed by atoms with Crippen molar-refractivity contribution >= 4 is 24.0 Å². The molecule has 0 atom stereocenters. The van der Waals surface area contributed by atoms with Gasteiger partial charge in [0.15, 0.2) is 0 Å². The highest BCUT2D eigenvalue weighted by Gasteiger charge is 2.10. The number of para-hydroxylation sites is 1. The van der Waals surface area contributed by atoms with Crippen LogP contribution in [0.4, 0.5) is 5.69 Å². The minimum atomic E-state index is -0.200. The Morgan fingerprint density at radius 2 is 1.92 bits per heavy atom. The van der Waals surface area contributed by atoms with E-state index in [2.05, 4.69) is 5.32 Å². The highest BCUT2D eigenvalue weighted by molar-refractivity contribution is 5.99. The van der Waals surface area contributed by atoms with Gasteiger partial charge in [-0.25, -0.2) is 0 Å². The van der Waals surface area contributed by atoms with Crippen molar-refractivity contribution < 1.29 is 14.3 Å². The van der Waals surface area contributed by atoms with E-state index in [0.29, 0.717) is 37.6 Å². The van der Waals surface area contributed by atoms with Crippen LogP contribution in [-0.4, -0.2) is 25.7 Å². The number of hydrogen-bond donors (Lipinski definition) is 2. The second-order valence-corrected chi connectivity index (χ2v) is 5.43. The molecule has 0 aromatic heterocycles. The summed E-state index contributed by atoms with van der Waals surface area (Å²) in [6.45, 7) is 6.00. The average Bonchev–Trinajstić information content (AvgIpc) is 2.58. The van der Waals surface area contributed by atoms with Crippen molar-refractivity contribution in [3.63, 3.8) is 0 Å². The third-order valence-corrected chi connectivity index (χ3v) is 3.56. The average molecular weight is 365 g/mol. The first-order valence-electron chi connectivity index (χ1n) is 8.04. The summed E-state index contributed by atoms with van der Waals surface area (Å²) in [6.07, 6.45) is 0. The van der Waals surface area contributed by atoms with Crippen molar-refractivity contribution in [2.24, 2.45) is 0 Å². The first kappa shape index (κ1) is 20.8. The molecule has 25 heavy (non-hydrogen) atoms. The Morgan fingerprint density at radius 3 is 2.64 bits per heavy atom. The van der Waals surface area contributed by atoms with Gasteiger partial charge in [0.05, 0.1) is 12.2 Å². The Bertz CT molecular complexity index is 692. The van der Waals surface area contributed by atoms with Gasteiger partial charge in [-0.1, -0.05) is 24.3 Å². The maximum atomic E-state index is 12.3. The number of rotatable bonds is 8. The molecule has 0 saturated carbocycles. The second-order valence-electron chi connectivity index (χ2n) is 5.43. The van der Waals surface area contributed by atoms with Crippen molar-refractivity contribution in [3.05, 3.63) is 59.2 Å². The third kappa shape index (κ3) is 6.29. The summed E-state index contributed by atoms with van der Waals surface area (Å²) in [6, 6.07) is 12.9. The predicted molar refractivity (Wildman–Crippen MR) is 102 cm³/mol. The van der Waals surface area contributed by atoms with Crippen LogP contribution >= 0.6 is 12.4 Å². The molecule has 0 aliphatic rings. The van der Waals surface area contributed by atoms with Crippen LogP contribution in [0.25, 0.3) is 0 Å². The monoisotopic (exact) mass is 364 g/mol. The summed E-state index contributed by atoms with van der Waals surface area (Å²) < 4.78 is 11.1. The number of carbonyl (C=O) groups is 1. The molecule has 2 aromatic carbocycles. The standard InChI is InChI=1S/C19H24N2O3.ClH/c1-3-23-10-11-24-18-12-14(2)8-9-15(18)13-21-19(22)16-6-4-5-7-17(16)20;/h4-9,12H,3,10-11,13,20H2,1-2H3,(H,21,22);1H. The van der Waals surface area contributed by atoms with E-state index >= 15 is 0 Å². The van der Waals surface area contributed by atoms with E-state index in [1.807, 2.05) is 32.0 Å². The number of aryl methyl sites for hydroxylation is 1. The molecule has 136 valence electrons. The minimum Gasteiger partial charge on any atom is -0.491 e. The van der Waals surface area contributed by atoms with Gasteiger partial charge >= 0.3 is 0 Å². The molecule has 2 rings (SSSR count). The largest absolute Gasteiger partial charge is 0.491 e. The van der Waals surface area contributed by atoms with Gasteiger partial charge in [-0.15, -0.1) is 12.4 Å². The molecular formula is C19H25ClN2O3. The minimum absolute atomic E-state index is 0. The van der Waals surface area contributed by atoms with Gasteiger partial charge in [0.25, 0.3) is 5.91 Å². The molecule has 0 fully saturated rings. The zero-order chi connectivity index (χ0) is 17.4. The lowest BCUT2D eigenvalue weighted by molar-refractivity contribution is 0.0950. The summed E-state index contributed by atoms with van der Waals surface area (Å²) in [5, 5.41) is 2.89. The van der Waals surface area contributed by atoms with Gasteiger partial charge in [-0.2, -0.15) is 0 Å². The van der Waals surface area contributed by atoms with Crippen molar-refractivity contribution in [1.29, 1.82) is 0 Å². The molecule has 0 aliphatic carbocycles. The summed E-state index contributed by atoms with van der Waals surface area (Å²) in [5.41, 5.74) is 8.79. The molecule has 1 amide bonds. The summed E-state index contributed by atoms with van der Waals surface area (Å²) in [5.74, 6) is 0.560. The lowest BCUT2D eigenvalue weighted by atomic mass is 10.1. The molecule has 0 saturated heterocycles. The number of anilines is 1. The van der Waals surface area contributed by atoms with Gasteiger partial charge in [0.2, 0.25) is 0 Å². The zero-order valence-electron chi connectivity index (χ0n) is 14.6. The van der Waals surface area contributed by atoms with E-state index in [0.717, 1.165) is 16.9 Å². The van der Waals surface area contributed by atoms with E-state index in [-0.39, 0.29) is 18.3 Å². The Labute approximate surface area is 154 Å².